The molecule has 2 aliphatic heterocycles. The number of hydrogen-bond acceptors (Lipinski definition) is 7. The van der Waals surface area contributed by atoms with E-state index in [2.05, 4.69) is 43.4 Å². The summed E-state index contributed by atoms with van der Waals surface area (Å²) in [5, 5.41) is 4.90. The first-order valence-corrected chi connectivity index (χ1v) is 19.4. The van der Waals surface area contributed by atoms with Crippen molar-refractivity contribution in [2.75, 3.05) is 37.5 Å². The lowest BCUT2D eigenvalue weighted by molar-refractivity contribution is 0.0132. The van der Waals surface area contributed by atoms with Crippen molar-refractivity contribution in [2.24, 2.45) is 16.2 Å². The number of allylic oxidation sites excluding steroid dienone is 1. The van der Waals surface area contributed by atoms with Crippen LogP contribution in [0.15, 0.2) is 65.3 Å². The molecule has 260 valence electrons. The van der Waals surface area contributed by atoms with Crippen LogP contribution in [0.2, 0.25) is 5.02 Å². The molecule has 1 fully saturated rings. The molecule has 1 unspecified atom stereocenters. The lowest BCUT2D eigenvalue weighted by Crippen LogP contribution is -2.49. The van der Waals surface area contributed by atoms with Crippen molar-refractivity contribution in [2.45, 2.75) is 69.9 Å². The van der Waals surface area contributed by atoms with Crippen LogP contribution >= 0.6 is 11.6 Å². The second-order valence-electron chi connectivity index (χ2n) is 13.8. The van der Waals surface area contributed by atoms with Gasteiger partial charge in [0, 0.05) is 48.9 Å². The highest BCUT2D eigenvalue weighted by molar-refractivity contribution is 7.92. The number of carbonyl (C=O) groups is 2. The Labute approximate surface area is 293 Å². The van der Waals surface area contributed by atoms with E-state index in [0.29, 0.717) is 49.1 Å². The Morgan fingerprint density at radius 2 is 2.08 bits per heavy atom. The number of anilines is 1. The van der Waals surface area contributed by atoms with Gasteiger partial charge in [0.05, 0.1) is 35.9 Å². The average Bonchev–Trinajstić information content (AvgIpc) is 3.51. The zero-order valence-corrected chi connectivity index (χ0v) is 29.7. The Bertz CT molecular complexity index is 1900. The zero-order chi connectivity index (χ0) is 34.2. The molecule has 49 heavy (non-hydrogen) atoms. The Morgan fingerprint density at radius 1 is 1.20 bits per heavy atom. The number of rotatable bonds is 4. The minimum Gasteiger partial charge on any atom is -0.490 e. The number of benzene rings is 2. The third-order valence-electron chi connectivity index (χ3n) is 10.7. The van der Waals surface area contributed by atoms with Crippen molar-refractivity contribution in [1.82, 2.24) is 14.5 Å². The van der Waals surface area contributed by atoms with E-state index in [0.717, 1.165) is 55.9 Å². The normalized spacial score (nSPS) is 29.0. The third kappa shape index (κ3) is 6.90. The van der Waals surface area contributed by atoms with Gasteiger partial charge in [0.1, 0.15) is 15.7 Å². The first-order valence-electron chi connectivity index (χ1n) is 17.3. The summed E-state index contributed by atoms with van der Waals surface area (Å²) in [5.41, 5.74) is 3.67. The number of amides is 2. The third-order valence-corrected chi connectivity index (χ3v) is 12.8. The molecule has 2 aliphatic carbocycles. The Balaban J connectivity index is 1.28. The highest BCUT2D eigenvalue weighted by Crippen LogP contribution is 2.47. The monoisotopic (exact) mass is 705 g/mol. The molecule has 4 aliphatic rings. The maximum atomic E-state index is 14.3. The lowest BCUT2D eigenvalue weighted by atomic mass is 9.68. The number of nitrogens with one attached hydrogen (secondary N) is 1. The summed E-state index contributed by atoms with van der Waals surface area (Å²) in [6.07, 6.45) is 13.4. The van der Waals surface area contributed by atoms with Crippen molar-refractivity contribution in [1.29, 1.82) is 0 Å². The van der Waals surface area contributed by atoms with Gasteiger partial charge in [-0.25, -0.2) is 4.21 Å². The van der Waals surface area contributed by atoms with E-state index in [9.17, 15) is 13.8 Å². The Hall–Kier alpha value is -3.67. The highest BCUT2D eigenvalue weighted by atomic mass is 35.5. The van der Waals surface area contributed by atoms with Gasteiger partial charge in [-0.2, -0.15) is 5.10 Å². The molecule has 12 heteroatoms. The molecule has 1 aromatic heterocycles. The Kier molecular flexibility index (Phi) is 9.60. The van der Waals surface area contributed by atoms with Gasteiger partial charge in [-0.05, 0) is 105 Å². The molecule has 2 aromatic carbocycles. The summed E-state index contributed by atoms with van der Waals surface area (Å²) in [5.74, 6) is 0.250. The van der Waals surface area contributed by atoms with Gasteiger partial charge < -0.3 is 14.4 Å². The topological polar surface area (TPSA) is 115 Å². The van der Waals surface area contributed by atoms with Gasteiger partial charge in [0.2, 0.25) is 0 Å². The molecule has 5 atom stereocenters. The standard InChI is InChI=1S/C37H44ClN5O5S/c1-3-43-22-28(20-39-43)36(45)41-49(46)17-6-4-5-9-33(47-2)30-13-10-27(30)21-42-23-37(16-7-8-25-18-29(38)12-14-31(25)37)24-48-34-15-11-26(19-32(34)42)35(44)40-49/h5,9,11-12,14-15,18-20,22,27,30,33H,3-4,6-8,10,13,16-17,21,23-24H2,1-2H3,(H,40,41,44,45,46)/b9-5-/t27-,30+,33-,37-,49?/m0/s1. The molecule has 1 saturated carbocycles. The van der Waals surface area contributed by atoms with Gasteiger partial charge in [-0.1, -0.05) is 29.8 Å². The first kappa shape index (κ1) is 33.8. The molecule has 3 heterocycles. The van der Waals surface area contributed by atoms with Crippen molar-refractivity contribution in [3.63, 3.8) is 0 Å². The largest absolute Gasteiger partial charge is 0.490 e. The van der Waals surface area contributed by atoms with Crippen LogP contribution in [0.5, 0.6) is 5.75 Å². The summed E-state index contributed by atoms with van der Waals surface area (Å²) < 4.78 is 35.3. The SMILES string of the molecule is CCn1cc(C(=O)NS2(=O)=NC(=O)c3ccc4c(c3)N(C[C@@H]3CC[C@H]3[C@@H](OC)/C=C\CCC2)C[C@@]2(CCCc3cc(Cl)ccc32)CO4)cn1. The lowest BCUT2D eigenvalue weighted by Gasteiger charge is -2.46. The quantitative estimate of drug-likeness (QED) is 0.314. The van der Waals surface area contributed by atoms with E-state index in [1.807, 2.05) is 25.1 Å². The number of aromatic nitrogens is 2. The molecule has 10 nitrogen and oxygen atoms in total. The van der Waals surface area contributed by atoms with Crippen molar-refractivity contribution in [3.8, 4) is 5.75 Å². The second kappa shape index (κ2) is 13.9. The van der Waals surface area contributed by atoms with Gasteiger partial charge in [-0.15, -0.1) is 4.36 Å². The van der Waals surface area contributed by atoms with Crippen LogP contribution in [0.25, 0.3) is 0 Å². The van der Waals surface area contributed by atoms with Gasteiger partial charge in [0.25, 0.3) is 11.8 Å². The minimum absolute atomic E-state index is 0.0204. The maximum Gasteiger partial charge on any atom is 0.286 e. The van der Waals surface area contributed by atoms with Crippen LogP contribution in [0.4, 0.5) is 5.69 Å². The number of aryl methyl sites for hydroxylation is 2. The molecule has 3 aromatic rings. The smallest absolute Gasteiger partial charge is 0.286 e. The van der Waals surface area contributed by atoms with E-state index in [4.69, 9.17) is 21.1 Å². The molecule has 0 radical (unpaired) electrons. The first-order chi connectivity index (χ1) is 23.7. The van der Waals surface area contributed by atoms with Crippen molar-refractivity contribution < 1.29 is 23.3 Å². The molecule has 1 spiro atoms. The van der Waals surface area contributed by atoms with Crippen LogP contribution in [0, 0.1) is 11.8 Å². The molecule has 7 rings (SSSR count). The number of carbonyl (C=O) groups excluding carboxylic acids is 2. The summed E-state index contributed by atoms with van der Waals surface area (Å²) in [6, 6.07) is 11.6. The number of halogens is 1. The van der Waals surface area contributed by atoms with Crippen molar-refractivity contribution >= 4 is 39.0 Å². The van der Waals surface area contributed by atoms with Crippen LogP contribution in [-0.2, 0) is 33.0 Å². The number of fused-ring (bicyclic) bond motifs is 4. The van der Waals surface area contributed by atoms with Gasteiger partial charge in [0.15, 0.2) is 0 Å². The molecule has 2 amide bonds. The predicted molar refractivity (Wildman–Crippen MR) is 191 cm³/mol. The second-order valence-corrected chi connectivity index (χ2v) is 16.3. The molecular formula is C37H44ClN5O5S. The summed E-state index contributed by atoms with van der Waals surface area (Å²) in [4.78, 5) is 29.4. The number of hydrogen-bond donors (Lipinski definition) is 1. The van der Waals surface area contributed by atoms with E-state index < -0.39 is 21.7 Å². The fraction of sp³-hybridized carbons (Fsp3) is 0.486. The number of nitrogens with zero attached hydrogens (tertiary/aromatic N) is 4. The highest BCUT2D eigenvalue weighted by Gasteiger charge is 2.44. The minimum atomic E-state index is -3.47. The fourth-order valence-corrected chi connectivity index (χ4v) is 9.74. The molecular weight excluding hydrogens is 662 g/mol. The van der Waals surface area contributed by atoms with Crippen LogP contribution in [0.1, 0.15) is 77.3 Å². The fourth-order valence-electron chi connectivity index (χ4n) is 7.97. The summed E-state index contributed by atoms with van der Waals surface area (Å²) in [6.45, 7) is 4.51. The summed E-state index contributed by atoms with van der Waals surface area (Å²) >= 11 is 6.44. The Morgan fingerprint density at radius 3 is 2.86 bits per heavy atom. The zero-order valence-electron chi connectivity index (χ0n) is 28.1. The molecule has 1 N–H and O–H groups in total. The average molecular weight is 706 g/mol. The van der Waals surface area contributed by atoms with Crippen LogP contribution in [-0.4, -0.2) is 64.5 Å². The van der Waals surface area contributed by atoms with E-state index in [1.165, 1.54) is 17.3 Å². The maximum absolute atomic E-state index is 14.3. The van der Waals surface area contributed by atoms with Crippen LogP contribution in [0.3, 0.4) is 0 Å². The predicted octanol–water partition coefficient (Wildman–Crippen LogP) is 6.37. The van der Waals surface area contributed by atoms with Gasteiger partial charge in [-0.3, -0.25) is 19.0 Å². The van der Waals surface area contributed by atoms with Crippen LogP contribution < -0.4 is 14.4 Å². The van der Waals surface area contributed by atoms with E-state index >= 15 is 0 Å². The van der Waals surface area contributed by atoms with Crippen molar-refractivity contribution in [3.05, 3.63) is 88.2 Å². The molecule has 0 saturated heterocycles. The van der Waals surface area contributed by atoms with E-state index in [-0.39, 0.29) is 22.8 Å². The molecule has 2 bridgehead atoms. The number of methoxy groups -OCH3 is 1. The summed E-state index contributed by atoms with van der Waals surface area (Å²) in [7, 11) is -1.71. The van der Waals surface area contributed by atoms with E-state index in [1.54, 1.807) is 24.1 Å². The number of ether oxygens (including phenoxy) is 2. The van der Waals surface area contributed by atoms with Gasteiger partial charge >= 0.3 is 0 Å².